The second-order valence-electron chi connectivity index (χ2n) is 13.4. The van der Waals surface area contributed by atoms with Crippen molar-refractivity contribution in [3.63, 3.8) is 0 Å². The normalized spacial score (nSPS) is 10.3. The Kier molecular flexibility index (Phi) is 18.4. The molecule has 9 aromatic rings. The van der Waals surface area contributed by atoms with E-state index in [0.29, 0.717) is 0 Å². The van der Waals surface area contributed by atoms with Gasteiger partial charge in [0.1, 0.15) is 0 Å². The average molecular weight is 849 g/mol. The second kappa shape index (κ2) is 25.1. The zero-order chi connectivity index (χ0) is 42.3. The van der Waals surface area contributed by atoms with Gasteiger partial charge in [-0.1, -0.05) is 273 Å². The standard InChI is InChI=1S/3C18H15P.BH3O3/c3*1-4-10-16(11-5-1)19(17-12-6-2-7-13-17)18-14-8-3-9-15-18;2-1(3)4/h3*1-15H;2-4H. The SMILES string of the molecule is OB(O)O.c1ccc(P(c2ccccc2)c2ccccc2)cc1.c1ccc(P(c2ccccc2)c2ccccc2)cc1.c1ccc(P(c2ccccc2)c2ccccc2)cc1. The highest BCUT2D eigenvalue weighted by Gasteiger charge is 2.17. The van der Waals surface area contributed by atoms with Gasteiger partial charge >= 0.3 is 7.32 Å². The van der Waals surface area contributed by atoms with Crippen LogP contribution < -0.4 is 47.7 Å². The molecule has 3 nitrogen and oxygen atoms in total. The Morgan fingerprint density at radius 3 is 0.344 bits per heavy atom. The predicted molar refractivity (Wildman–Crippen MR) is 268 cm³/mol. The Balaban J connectivity index is 0.000000146. The summed E-state index contributed by atoms with van der Waals surface area (Å²) in [6.45, 7) is 0. The van der Waals surface area contributed by atoms with Crippen molar-refractivity contribution < 1.29 is 15.1 Å². The molecule has 9 rings (SSSR count). The first kappa shape index (κ1) is 44.8. The number of benzene rings is 9. The Morgan fingerprint density at radius 2 is 0.262 bits per heavy atom. The number of hydrogen-bond donors (Lipinski definition) is 3. The van der Waals surface area contributed by atoms with Crippen molar-refractivity contribution in [2.75, 3.05) is 0 Å². The summed E-state index contributed by atoms with van der Waals surface area (Å²) in [6.07, 6.45) is 0. The molecule has 9 aromatic carbocycles. The molecule has 0 saturated carbocycles. The third-order valence-electron chi connectivity index (χ3n) is 9.13. The molecule has 0 radical (unpaired) electrons. The summed E-state index contributed by atoms with van der Waals surface area (Å²) < 4.78 is 0. The monoisotopic (exact) mass is 848 g/mol. The van der Waals surface area contributed by atoms with Crippen LogP contribution in [0.2, 0.25) is 0 Å². The maximum absolute atomic E-state index is 7.17. The van der Waals surface area contributed by atoms with E-state index in [1.165, 1.54) is 47.7 Å². The zero-order valence-electron chi connectivity index (χ0n) is 33.7. The van der Waals surface area contributed by atoms with Gasteiger partial charge in [0.05, 0.1) is 0 Å². The molecule has 0 saturated heterocycles. The Hall–Kier alpha value is -5.79. The van der Waals surface area contributed by atoms with E-state index in [1.807, 2.05) is 0 Å². The first-order chi connectivity index (χ1) is 30.1. The molecule has 3 N–H and O–H groups in total. The van der Waals surface area contributed by atoms with E-state index < -0.39 is 31.1 Å². The van der Waals surface area contributed by atoms with Gasteiger partial charge in [0.25, 0.3) is 0 Å². The lowest BCUT2D eigenvalue weighted by Gasteiger charge is -2.18. The third-order valence-corrected chi connectivity index (χ3v) is 16.5. The molecule has 7 heteroatoms. The smallest absolute Gasteiger partial charge is 0.402 e. The molecule has 300 valence electrons. The van der Waals surface area contributed by atoms with E-state index in [2.05, 4.69) is 273 Å². The molecule has 0 heterocycles. The molecule has 0 aliphatic rings. The highest BCUT2D eigenvalue weighted by molar-refractivity contribution is 7.80. The second-order valence-corrected chi connectivity index (χ2v) is 20.0. The van der Waals surface area contributed by atoms with Crippen molar-refractivity contribution in [1.29, 1.82) is 0 Å². The van der Waals surface area contributed by atoms with Gasteiger partial charge in [0.2, 0.25) is 0 Å². The van der Waals surface area contributed by atoms with Crippen LogP contribution in [0.3, 0.4) is 0 Å². The van der Waals surface area contributed by atoms with E-state index in [4.69, 9.17) is 15.1 Å². The fraction of sp³-hybridized carbons (Fsp3) is 0. The van der Waals surface area contributed by atoms with E-state index >= 15 is 0 Å². The van der Waals surface area contributed by atoms with Crippen LogP contribution in [0.4, 0.5) is 0 Å². The van der Waals surface area contributed by atoms with Crippen molar-refractivity contribution in [2.45, 2.75) is 0 Å². The van der Waals surface area contributed by atoms with Crippen LogP contribution in [-0.4, -0.2) is 22.4 Å². The van der Waals surface area contributed by atoms with Crippen LogP contribution >= 0.6 is 23.8 Å². The molecule has 0 fully saturated rings. The Bertz CT molecular complexity index is 1930. The minimum absolute atomic E-state index is 0.446. The van der Waals surface area contributed by atoms with Gasteiger partial charge in [-0.15, -0.1) is 0 Å². The van der Waals surface area contributed by atoms with Gasteiger partial charge in [-0.3, -0.25) is 0 Å². The molecule has 0 atom stereocenters. The quantitative estimate of drug-likeness (QED) is 0.101. The first-order valence-corrected chi connectivity index (χ1v) is 24.0. The van der Waals surface area contributed by atoms with Crippen molar-refractivity contribution in [1.82, 2.24) is 0 Å². The Labute approximate surface area is 365 Å². The van der Waals surface area contributed by atoms with E-state index in [1.54, 1.807) is 0 Å². The van der Waals surface area contributed by atoms with Crippen molar-refractivity contribution in [3.8, 4) is 0 Å². The summed E-state index contributed by atoms with van der Waals surface area (Å²) >= 11 is 0. The maximum Gasteiger partial charge on any atom is 0.631 e. The fourth-order valence-electron chi connectivity index (χ4n) is 6.54. The maximum atomic E-state index is 7.17. The summed E-state index contributed by atoms with van der Waals surface area (Å²) in [5.41, 5.74) is 0. The van der Waals surface area contributed by atoms with Crippen LogP contribution in [0.1, 0.15) is 0 Å². The molecule has 0 amide bonds. The van der Waals surface area contributed by atoms with Gasteiger partial charge < -0.3 is 15.1 Å². The molecule has 0 aliphatic carbocycles. The van der Waals surface area contributed by atoms with Crippen LogP contribution in [0, 0.1) is 0 Å². The molecule has 0 bridgehead atoms. The van der Waals surface area contributed by atoms with E-state index in [0.717, 1.165) is 0 Å². The summed E-state index contributed by atoms with van der Waals surface area (Å²) in [4.78, 5) is 0. The van der Waals surface area contributed by atoms with Crippen molar-refractivity contribution in [3.05, 3.63) is 273 Å². The molecular weight excluding hydrogens is 800 g/mol. The largest absolute Gasteiger partial charge is 0.631 e. The van der Waals surface area contributed by atoms with Crippen LogP contribution in [-0.2, 0) is 0 Å². The fourth-order valence-corrected chi connectivity index (χ4v) is 13.5. The molecule has 0 spiro atoms. The van der Waals surface area contributed by atoms with Crippen molar-refractivity contribution in [2.24, 2.45) is 0 Å². The van der Waals surface area contributed by atoms with Gasteiger partial charge in [-0.2, -0.15) is 0 Å². The van der Waals surface area contributed by atoms with Crippen LogP contribution in [0.15, 0.2) is 273 Å². The molecule has 61 heavy (non-hydrogen) atoms. The lowest BCUT2D eigenvalue weighted by Crippen LogP contribution is -2.20. The highest BCUT2D eigenvalue weighted by atomic mass is 31.1. The first-order valence-electron chi connectivity index (χ1n) is 20.0. The van der Waals surface area contributed by atoms with E-state index in [-0.39, 0.29) is 0 Å². The zero-order valence-corrected chi connectivity index (χ0v) is 36.4. The molecule has 0 unspecified atom stereocenters. The summed E-state index contributed by atoms with van der Waals surface area (Å²) in [7, 11) is -3.50. The predicted octanol–water partition coefficient (Wildman–Crippen LogP) is 8.28. The number of hydrogen-bond acceptors (Lipinski definition) is 3. The average Bonchev–Trinajstić information content (AvgIpc) is 3.33. The molecule has 0 aromatic heterocycles. The van der Waals surface area contributed by atoms with Crippen LogP contribution in [0.5, 0.6) is 0 Å². The van der Waals surface area contributed by atoms with Gasteiger partial charge in [0.15, 0.2) is 0 Å². The van der Waals surface area contributed by atoms with E-state index in [9.17, 15) is 0 Å². The lowest BCUT2D eigenvalue weighted by atomic mass is 10.3. The van der Waals surface area contributed by atoms with Crippen LogP contribution in [0.25, 0.3) is 0 Å². The van der Waals surface area contributed by atoms with Crippen molar-refractivity contribution >= 4 is 78.8 Å². The number of rotatable bonds is 9. The molecular formula is C54H48BO3P3. The Morgan fingerprint density at radius 1 is 0.180 bits per heavy atom. The van der Waals surface area contributed by atoms with Gasteiger partial charge in [-0.05, 0) is 71.5 Å². The summed E-state index contributed by atoms with van der Waals surface area (Å²) in [5.74, 6) is 0. The minimum atomic E-state index is -2.17. The summed E-state index contributed by atoms with van der Waals surface area (Å²) in [6, 6.07) is 97.0. The summed E-state index contributed by atoms with van der Waals surface area (Å²) in [5, 5.41) is 34.1. The molecule has 0 aliphatic heterocycles. The van der Waals surface area contributed by atoms with Gasteiger partial charge in [-0.25, -0.2) is 0 Å². The minimum Gasteiger partial charge on any atom is -0.402 e. The third kappa shape index (κ3) is 14.1. The highest BCUT2D eigenvalue weighted by Crippen LogP contribution is 2.34. The van der Waals surface area contributed by atoms with Gasteiger partial charge in [0, 0.05) is 0 Å². The topological polar surface area (TPSA) is 60.7 Å². The lowest BCUT2D eigenvalue weighted by molar-refractivity contribution is 0.278.